The van der Waals surface area contributed by atoms with Gasteiger partial charge >= 0.3 is 0 Å². The van der Waals surface area contributed by atoms with Gasteiger partial charge in [0.05, 0.1) is 3.74 Å². The molecule has 0 aliphatic carbocycles. The molecule has 0 unspecified atom stereocenters. The zero-order chi connectivity index (χ0) is 9.42. The van der Waals surface area contributed by atoms with Crippen LogP contribution in [0, 0.1) is 6.92 Å². The third kappa shape index (κ3) is 1.81. The van der Waals surface area contributed by atoms with Gasteiger partial charge in [0.15, 0.2) is 0 Å². The Morgan fingerprint density at radius 2 is 2.00 bits per heavy atom. The normalized spacial score (nSPS) is 11.4. The number of fused-ring (bicyclic) bond motifs is 1. The number of rotatable bonds is 1. The molecule has 0 radical (unpaired) electrons. The highest BCUT2D eigenvalue weighted by Gasteiger charge is 2.05. The van der Waals surface area contributed by atoms with Crippen molar-refractivity contribution in [2.45, 2.75) is 10.7 Å². The van der Waals surface area contributed by atoms with Gasteiger partial charge in [0.1, 0.15) is 11.3 Å². The molecule has 0 atom stereocenters. The molecule has 1 aromatic carbocycles. The number of benzene rings is 1. The Morgan fingerprint density at radius 1 is 1.23 bits per heavy atom. The van der Waals surface area contributed by atoms with E-state index in [0.29, 0.717) is 0 Å². The molecule has 0 aliphatic rings. The van der Waals surface area contributed by atoms with E-state index in [-0.39, 0.29) is 3.74 Å². The molecule has 2 rings (SSSR count). The lowest BCUT2D eigenvalue weighted by Crippen LogP contribution is -1.77. The van der Waals surface area contributed by atoms with Gasteiger partial charge in [-0.15, -0.1) is 0 Å². The lowest BCUT2D eigenvalue weighted by Gasteiger charge is -2.00. The van der Waals surface area contributed by atoms with Crippen LogP contribution in [-0.4, -0.2) is 0 Å². The maximum Gasteiger partial charge on any atom is 0.134 e. The molecule has 0 amide bonds. The van der Waals surface area contributed by atoms with E-state index < -0.39 is 0 Å². The van der Waals surface area contributed by atoms with Crippen LogP contribution < -0.4 is 0 Å². The molecule has 0 saturated carbocycles. The van der Waals surface area contributed by atoms with Crippen molar-refractivity contribution in [2.75, 3.05) is 0 Å². The average molecular weight is 304 g/mol. The molecular formula is C10H8Br2O. The van der Waals surface area contributed by atoms with Crippen LogP contribution in [0.2, 0.25) is 0 Å². The molecule has 0 saturated heterocycles. The van der Waals surface area contributed by atoms with Crippen LogP contribution in [0.25, 0.3) is 11.0 Å². The molecular weight excluding hydrogens is 296 g/mol. The van der Waals surface area contributed by atoms with E-state index in [1.165, 1.54) is 5.56 Å². The van der Waals surface area contributed by atoms with Crippen LogP contribution in [0.15, 0.2) is 28.7 Å². The third-order valence-corrected chi connectivity index (χ3v) is 2.97. The second-order valence-electron chi connectivity index (χ2n) is 2.96. The van der Waals surface area contributed by atoms with Gasteiger partial charge in [-0.3, -0.25) is 0 Å². The number of furan rings is 1. The predicted octanol–water partition coefficient (Wildman–Crippen LogP) is 4.53. The molecule has 1 nitrogen and oxygen atoms in total. The maximum atomic E-state index is 5.47. The summed E-state index contributed by atoms with van der Waals surface area (Å²) in [6, 6.07) is 8.19. The zero-order valence-electron chi connectivity index (χ0n) is 7.05. The second-order valence-corrected chi connectivity index (χ2v) is 6.02. The van der Waals surface area contributed by atoms with Crippen molar-refractivity contribution in [1.29, 1.82) is 0 Å². The summed E-state index contributed by atoms with van der Waals surface area (Å²) in [4.78, 5) is 0. The Bertz CT molecular complexity index is 431. The quantitative estimate of drug-likeness (QED) is 0.706. The summed E-state index contributed by atoms with van der Waals surface area (Å²) in [7, 11) is 0. The van der Waals surface area contributed by atoms with Crippen molar-refractivity contribution in [3.63, 3.8) is 0 Å². The maximum absolute atomic E-state index is 5.47. The van der Waals surface area contributed by atoms with Gasteiger partial charge in [-0.25, -0.2) is 0 Å². The van der Waals surface area contributed by atoms with E-state index in [1.807, 2.05) is 25.1 Å². The number of halogens is 2. The highest BCUT2D eigenvalue weighted by molar-refractivity contribution is 9.24. The van der Waals surface area contributed by atoms with Crippen LogP contribution >= 0.6 is 31.9 Å². The lowest BCUT2D eigenvalue weighted by molar-refractivity contribution is 0.578. The van der Waals surface area contributed by atoms with E-state index in [2.05, 4.69) is 37.9 Å². The van der Waals surface area contributed by atoms with Crippen LogP contribution in [0.4, 0.5) is 0 Å². The van der Waals surface area contributed by atoms with Crippen molar-refractivity contribution in [3.8, 4) is 0 Å². The molecule has 0 spiro atoms. The standard InChI is InChI=1S/C10H8Br2O/c1-6-4-8-5-7(10(11)12)2-3-9(8)13-6/h2-5,10H,1H3. The number of hydrogen-bond acceptors (Lipinski definition) is 1. The highest BCUT2D eigenvalue weighted by Crippen LogP contribution is 2.31. The monoisotopic (exact) mass is 302 g/mol. The molecule has 1 aromatic heterocycles. The fourth-order valence-electron chi connectivity index (χ4n) is 1.33. The fraction of sp³-hybridized carbons (Fsp3) is 0.200. The zero-order valence-corrected chi connectivity index (χ0v) is 10.2. The predicted molar refractivity (Wildman–Crippen MR) is 61.5 cm³/mol. The highest BCUT2D eigenvalue weighted by atomic mass is 79.9. The van der Waals surface area contributed by atoms with E-state index in [4.69, 9.17) is 4.42 Å². The summed E-state index contributed by atoms with van der Waals surface area (Å²) >= 11 is 6.92. The molecule has 2 aromatic rings. The Labute approximate surface area is 93.4 Å². The molecule has 68 valence electrons. The van der Waals surface area contributed by atoms with E-state index >= 15 is 0 Å². The van der Waals surface area contributed by atoms with Crippen LogP contribution in [0.5, 0.6) is 0 Å². The van der Waals surface area contributed by atoms with E-state index in [1.54, 1.807) is 0 Å². The van der Waals surface area contributed by atoms with Crippen LogP contribution in [0.1, 0.15) is 15.1 Å². The summed E-state index contributed by atoms with van der Waals surface area (Å²) in [5.74, 6) is 0.952. The third-order valence-electron chi connectivity index (χ3n) is 1.92. The first-order valence-corrected chi connectivity index (χ1v) is 5.78. The van der Waals surface area contributed by atoms with Crippen molar-refractivity contribution < 1.29 is 4.42 Å². The minimum atomic E-state index is 0.208. The Kier molecular flexibility index (Phi) is 2.47. The Balaban J connectivity index is 2.61. The summed E-state index contributed by atoms with van der Waals surface area (Å²) < 4.78 is 5.68. The Hall–Kier alpha value is -0.280. The SMILES string of the molecule is Cc1cc2cc(C(Br)Br)ccc2o1. The summed E-state index contributed by atoms with van der Waals surface area (Å²) in [5, 5.41) is 1.15. The average Bonchev–Trinajstić information content (AvgIpc) is 2.42. The first kappa shape index (κ1) is 9.28. The van der Waals surface area contributed by atoms with Gasteiger partial charge in [0, 0.05) is 5.39 Å². The summed E-state index contributed by atoms with van der Waals surface area (Å²) in [6.07, 6.45) is 0. The molecule has 0 aliphatic heterocycles. The van der Waals surface area contributed by atoms with Gasteiger partial charge in [-0.05, 0) is 30.7 Å². The molecule has 0 fully saturated rings. The van der Waals surface area contributed by atoms with Crippen LogP contribution in [-0.2, 0) is 0 Å². The number of aryl methyl sites for hydroxylation is 1. The van der Waals surface area contributed by atoms with Crippen molar-refractivity contribution in [1.82, 2.24) is 0 Å². The largest absolute Gasteiger partial charge is 0.461 e. The lowest BCUT2D eigenvalue weighted by atomic mass is 10.2. The van der Waals surface area contributed by atoms with E-state index in [0.717, 1.165) is 16.7 Å². The van der Waals surface area contributed by atoms with Gasteiger partial charge in [-0.2, -0.15) is 0 Å². The fourth-order valence-corrected chi connectivity index (χ4v) is 1.90. The van der Waals surface area contributed by atoms with Crippen molar-refractivity contribution in [3.05, 3.63) is 35.6 Å². The molecule has 0 N–H and O–H groups in total. The van der Waals surface area contributed by atoms with Gasteiger partial charge < -0.3 is 4.42 Å². The van der Waals surface area contributed by atoms with Gasteiger partial charge in [0.2, 0.25) is 0 Å². The molecule has 13 heavy (non-hydrogen) atoms. The Morgan fingerprint density at radius 3 is 2.69 bits per heavy atom. The topological polar surface area (TPSA) is 13.1 Å². The summed E-state index contributed by atoms with van der Waals surface area (Å²) in [5.41, 5.74) is 2.15. The first-order chi connectivity index (χ1) is 6.16. The van der Waals surface area contributed by atoms with Crippen molar-refractivity contribution in [2.24, 2.45) is 0 Å². The smallest absolute Gasteiger partial charge is 0.134 e. The van der Waals surface area contributed by atoms with Gasteiger partial charge in [0.25, 0.3) is 0 Å². The molecule has 3 heteroatoms. The molecule has 0 bridgehead atoms. The number of alkyl halides is 2. The minimum absolute atomic E-state index is 0.208. The number of hydrogen-bond donors (Lipinski definition) is 0. The van der Waals surface area contributed by atoms with Gasteiger partial charge in [-0.1, -0.05) is 37.9 Å². The van der Waals surface area contributed by atoms with E-state index in [9.17, 15) is 0 Å². The second kappa shape index (κ2) is 3.46. The first-order valence-electron chi connectivity index (χ1n) is 3.95. The minimum Gasteiger partial charge on any atom is -0.461 e. The molecule has 1 heterocycles. The van der Waals surface area contributed by atoms with Crippen LogP contribution in [0.3, 0.4) is 0 Å². The summed E-state index contributed by atoms with van der Waals surface area (Å²) in [6.45, 7) is 1.96. The van der Waals surface area contributed by atoms with Crippen molar-refractivity contribution >= 4 is 42.8 Å².